The van der Waals surface area contributed by atoms with Crippen LogP contribution in [0, 0.1) is 5.92 Å². The summed E-state index contributed by atoms with van der Waals surface area (Å²) in [4.78, 5) is 8.44. The largest absolute Gasteiger partial charge is 0.473 e. The van der Waals surface area contributed by atoms with Gasteiger partial charge in [0.05, 0.1) is 12.4 Å². The van der Waals surface area contributed by atoms with Crippen molar-refractivity contribution in [2.45, 2.75) is 45.4 Å². The molecular weight excluding hydrogens is 346 g/mol. The van der Waals surface area contributed by atoms with Crippen LogP contribution in [0.25, 0.3) is 0 Å². The standard InChI is InChI=1S/C16H22F2N6O2/c1-9(2)11-5-10(3-4-20-11)25-15-8-19-7-13(22-15)21-12-6-14(24-23-12)26-16(17)18/h6-11,16,20H,3-5H2,1-2H3,(H2,21,22,23,24)/t10-,11-/m1/s1. The monoisotopic (exact) mass is 368 g/mol. The number of anilines is 2. The summed E-state index contributed by atoms with van der Waals surface area (Å²) >= 11 is 0. The molecule has 0 unspecified atom stereocenters. The number of H-pyrrole nitrogens is 1. The second kappa shape index (κ2) is 8.26. The number of rotatable bonds is 7. The molecule has 0 aliphatic carbocycles. The molecule has 2 aromatic rings. The Morgan fingerprint density at radius 3 is 2.88 bits per heavy atom. The van der Waals surface area contributed by atoms with E-state index in [1.807, 2.05) is 0 Å². The van der Waals surface area contributed by atoms with E-state index >= 15 is 0 Å². The summed E-state index contributed by atoms with van der Waals surface area (Å²) in [5, 5.41) is 12.5. The van der Waals surface area contributed by atoms with Gasteiger partial charge in [0.25, 0.3) is 0 Å². The molecule has 1 aliphatic heterocycles. The fourth-order valence-electron chi connectivity index (χ4n) is 2.82. The summed E-state index contributed by atoms with van der Waals surface area (Å²) in [6.07, 6.45) is 4.92. The van der Waals surface area contributed by atoms with Crippen molar-refractivity contribution in [2.75, 3.05) is 11.9 Å². The van der Waals surface area contributed by atoms with Crippen LogP contribution in [0.4, 0.5) is 20.4 Å². The summed E-state index contributed by atoms with van der Waals surface area (Å²) in [6, 6.07) is 1.72. The molecular formula is C16H22F2N6O2. The van der Waals surface area contributed by atoms with Crippen LogP contribution in [0.3, 0.4) is 0 Å². The third-order valence-electron chi connectivity index (χ3n) is 4.12. The lowest BCUT2D eigenvalue weighted by Gasteiger charge is -2.32. The maximum atomic E-state index is 12.2. The van der Waals surface area contributed by atoms with Gasteiger partial charge < -0.3 is 20.1 Å². The van der Waals surface area contributed by atoms with Crippen LogP contribution in [0.15, 0.2) is 18.5 Å². The van der Waals surface area contributed by atoms with Crippen LogP contribution in [0.5, 0.6) is 11.8 Å². The first-order chi connectivity index (χ1) is 12.5. The Hall–Kier alpha value is -2.49. The summed E-state index contributed by atoms with van der Waals surface area (Å²) in [7, 11) is 0. The molecule has 0 saturated carbocycles. The van der Waals surface area contributed by atoms with Crippen molar-refractivity contribution in [1.29, 1.82) is 0 Å². The number of nitrogens with one attached hydrogen (secondary N) is 3. The quantitative estimate of drug-likeness (QED) is 0.691. The number of aromatic amines is 1. The first-order valence-electron chi connectivity index (χ1n) is 8.49. The Kier molecular flexibility index (Phi) is 5.82. The molecule has 0 bridgehead atoms. The molecule has 3 heterocycles. The Bertz CT molecular complexity index is 712. The molecule has 0 spiro atoms. The predicted octanol–water partition coefficient (Wildman–Crippen LogP) is 2.70. The lowest BCUT2D eigenvalue weighted by Crippen LogP contribution is -2.45. The zero-order chi connectivity index (χ0) is 18.5. The van der Waals surface area contributed by atoms with Crippen LogP contribution < -0.4 is 20.1 Å². The topological polar surface area (TPSA) is 97.0 Å². The van der Waals surface area contributed by atoms with Gasteiger partial charge in [0, 0.05) is 12.1 Å². The SMILES string of the molecule is CC(C)[C@H]1C[C@H](Oc2cncc(Nc3cc(OC(F)F)[nH]n3)n2)CCN1. The number of halogens is 2. The summed E-state index contributed by atoms with van der Waals surface area (Å²) in [6.45, 7) is 2.35. The minimum atomic E-state index is -2.92. The van der Waals surface area contributed by atoms with E-state index in [1.54, 1.807) is 6.20 Å². The van der Waals surface area contributed by atoms with E-state index in [1.165, 1.54) is 12.3 Å². The van der Waals surface area contributed by atoms with Gasteiger partial charge >= 0.3 is 6.61 Å². The average Bonchev–Trinajstić information content (AvgIpc) is 3.01. The van der Waals surface area contributed by atoms with E-state index in [2.05, 4.69) is 49.4 Å². The molecule has 1 fully saturated rings. The molecule has 26 heavy (non-hydrogen) atoms. The fraction of sp³-hybridized carbons (Fsp3) is 0.562. The van der Waals surface area contributed by atoms with Gasteiger partial charge in [-0.1, -0.05) is 13.8 Å². The smallest absolute Gasteiger partial charge is 0.388 e. The second-order valence-corrected chi connectivity index (χ2v) is 6.43. The summed E-state index contributed by atoms with van der Waals surface area (Å²) in [5.74, 6) is 1.48. The van der Waals surface area contributed by atoms with E-state index in [0.717, 1.165) is 19.4 Å². The van der Waals surface area contributed by atoms with Gasteiger partial charge in [-0.2, -0.15) is 18.9 Å². The zero-order valence-electron chi connectivity index (χ0n) is 14.6. The van der Waals surface area contributed by atoms with E-state index in [0.29, 0.717) is 23.7 Å². The minimum Gasteiger partial charge on any atom is -0.473 e. The van der Waals surface area contributed by atoms with Gasteiger partial charge in [0.15, 0.2) is 11.6 Å². The lowest BCUT2D eigenvalue weighted by molar-refractivity contribution is -0.0528. The Morgan fingerprint density at radius 1 is 1.27 bits per heavy atom. The Labute approximate surface area is 149 Å². The van der Waals surface area contributed by atoms with Crippen LogP contribution in [-0.2, 0) is 0 Å². The van der Waals surface area contributed by atoms with Crippen molar-refractivity contribution >= 4 is 11.6 Å². The van der Waals surface area contributed by atoms with Gasteiger partial charge in [-0.25, -0.2) is 5.10 Å². The number of alkyl halides is 2. The van der Waals surface area contributed by atoms with Crippen molar-refractivity contribution < 1.29 is 18.3 Å². The van der Waals surface area contributed by atoms with E-state index in [9.17, 15) is 8.78 Å². The number of piperidine rings is 1. The first-order valence-corrected chi connectivity index (χ1v) is 8.49. The van der Waals surface area contributed by atoms with Crippen LogP contribution in [-0.4, -0.2) is 45.5 Å². The third kappa shape index (κ3) is 5.01. The number of hydrogen-bond acceptors (Lipinski definition) is 7. The summed E-state index contributed by atoms with van der Waals surface area (Å²) in [5.41, 5.74) is 0. The molecule has 0 aromatic carbocycles. The molecule has 2 atom stereocenters. The highest BCUT2D eigenvalue weighted by molar-refractivity contribution is 5.51. The van der Waals surface area contributed by atoms with Crippen molar-refractivity contribution in [3.05, 3.63) is 18.5 Å². The van der Waals surface area contributed by atoms with E-state index < -0.39 is 6.61 Å². The van der Waals surface area contributed by atoms with Crippen molar-refractivity contribution in [3.8, 4) is 11.8 Å². The van der Waals surface area contributed by atoms with Crippen molar-refractivity contribution in [1.82, 2.24) is 25.5 Å². The molecule has 1 aliphatic rings. The fourth-order valence-corrected chi connectivity index (χ4v) is 2.82. The molecule has 3 rings (SSSR count). The summed E-state index contributed by atoms with van der Waals surface area (Å²) < 4.78 is 34.5. The average molecular weight is 368 g/mol. The third-order valence-corrected chi connectivity index (χ3v) is 4.12. The Morgan fingerprint density at radius 2 is 2.12 bits per heavy atom. The molecule has 8 nitrogen and oxygen atoms in total. The van der Waals surface area contributed by atoms with Crippen LogP contribution >= 0.6 is 0 Å². The molecule has 3 N–H and O–H groups in total. The highest BCUT2D eigenvalue weighted by atomic mass is 19.3. The van der Waals surface area contributed by atoms with Gasteiger partial charge in [-0.3, -0.25) is 4.98 Å². The number of hydrogen-bond donors (Lipinski definition) is 3. The molecule has 1 saturated heterocycles. The number of ether oxygens (including phenoxy) is 2. The molecule has 2 aromatic heterocycles. The van der Waals surface area contributed by atoms with Gasteiger partial charge in [-0.05, 0) is 25.3 Å². The predicted molar refractivity (Wildman–Crippen MR) is 90.8 cm³/mol. The molecule has 0 amide bonds. The maximum Gasteiger partial charge on any atom is 0.388 e. The van der Waals surface area contributed by atoms with Gasteiger partial charge in [0.2, 0.25) is 11.8 Å². The molecule has 0 radical (unpaired) electrons. The highest BCUT2D eigenvalue weighted by Crippen LogP contribution is 2.22. The minimum absolute atomic E-state index is 0.0737. The highest BCUT2D eigenvalue weighted by Gasteiger charge is 2.25. The van der Waals surface area contributed by atoms with Gasteiger partial charge in [-0.15, -0.1) is 0 Å². The van der Waals surface area contributed by atoms with Crippen LogP contribution in [0.2, 0.25) is 0 Å². The Balaban J connectivity index is 1.60. The zero-order valence-corrected chi connectivity index (χ0v) is 14.6. The molecule has 10 heteroatoms. The number of aromatic nitrogens is 4. The van der Waals surface area contributed by atoms with E-state index in [4.69, 9.17) is 4.74 Å². The second-order valence-electron chi connectivity index (χ2n) is 6.43. The van der Waals surface area contributed by atoms with E-state index in [-0.39, 0.29) is 17.8 Å². The normalized spacial score (nSPS) is 20.4. The maximum absolute atomic E-state index is 12.2. The van der Waals surface area contributed by atoms with Crippen molar-refractivity contribution in [2.24, 2.45) is 5.92 Å². The van der Waals surface area contributed by atoms with Gasteiger partial charge in [0.1, 0.15) is 6.10 Å². The van der Waals surface area contributed by atoms with Crippen LogP contribution in [0.1, 0.15) is 26.7 Å². The molecule has 142 valence electrons. The number of nitrogens with zero attached hydrogens (tertiary/aromatic N) is 3. The first kappa shape index (κ1) is 18.3. The lowest BCUT2D eigenvalue weighted by atomic mass is 9.93. The van der Waals surface area contributed by atoms with Crippen molar-refractivity contribution in [3.63, 3.8) is 0 Å².